The van der Waals surface area contributed by atoms with Gasteiger partial charge in [-0.25, -0.2) is 0 Å². The molecule has 7 heteroatoms. The normalized spacial score (nSPS) is 12.0. The van der Waals surface area contributed by atoms with E-state index in [9.17, 15) is 13.2 Å². The van der Waals surface area contributed by atoms with Gasteiger partial charge in [0.15, 0.2) is 0 Å². The summed E-state index contributed by atoms with van der Waals surface area (Å²) >= 11 is 2.28. The van der Waals surface area contributed by atoms with Crippen LogP contribution in [0.1, 0.15) is 24.1 Å². The van der Waals surface area contributed by atoms with Crippen LogP contribution in [0.4, 0.5) is 13.2 Å². The first kappa shape index (κ1) is 23.7. The molecule has 3 nitrogen and oxygen atoms in total. The van der Waals surface area contributed by atoms with Crippen molar-refractivity contribution in [3.05, 3.63) is 69.9 Å². The second-order valence-corrected chi connectivity index (χ2v) is 8.64. The predicted octanol–water partition coefficient (Wildman–Crippen LogP) is 6.84. The summed E-state index contributed by atoms with van der Waals surface area (Å²) < 4.78 is 47.7. The minimum atomic E-state index is -4.34. The van der Waals surface area contributed by atoms with Crippen molar-refractivity contribution in [2.75, 3.05) is 26.7 Å². The summed E-state index contributed by atoms with van der Waals surface area (Å²) in [6, 6.07) is 11.2. The van der Waals surface area contributed by atoms with Gasteiger partial charge in [-0.2, -0.15) is 13.2 Å². The van der Waals surface area contributed by atoms with Gasteiger partial charge >= 0.3 is 6.18 Å². The summed E-state index contributed by atoms with van der Waals surface area (Å²) in [5, 5.41) is 1.03. The number of rotatable bonds is 9. The molecule has 0 N–H and O–H groups in total. The average Bonchev–Trinajstić information content (AvgIpc) is 2.97. The number of aromatic nitrogens is 1. The first-order valence-electron chi connectivity index (χ1n) is 10.1. The predicted molar refractivity (Wildman–Crippen MR) is 128 cm³/mol. The third-order valence-corrected chi connectivity index (χ3v) is 6.56. The molecule has 0 spiro atoms. The van der Waals surface area contributed by atoms with E-state index in [0.717, 1.165) is 64.0 Å². The second kappa shape index (κ2) is 10.1. The smallest absolute Gasteiger partial charge is 0.416 e. The van der Waals surface area contributed by atoms with Crippen molar-refractivity contribution < 1.29 is 17.9 Å². The van der Waals surface area contributed by atoms with Crippen LogP contribution in [0.5, 0.6) is 5.75 Å². The molecule has 0 saturated carbocycles. The van der Waals surface area contributed by atoms with Crippen LogP contribution in [0.25, 0.3) is 16.6 Å². The van der Waals surface area contributed by atoms with E-state index >= 15 is 0 Å². The first-order valence-corrected chi connectivity index (χ1v) is 11.2. The highest BCUT2D eigenvalue weighted by molar-refractivity contribution is 14.1. The van der Waals surface area contributed by atoms with Crippen LogP contribution < -0.4 is 4.74 Å². The highest BCUT2D eigenvalue weighted by Gasteiger charge is 2.30. The third kappa shape index (κ3) is 5.63. The fraction of sp³-hybridized carbons (Fsp3) is 0.333. The third-order valence-electron chi connectivity index (χ3n) is 5.19. The minimum Gasteiger partial charge on any atom is -0.494 e. The second-order valence-electron chi connectivity index (χ2n) is 7.56. The molecule has 166 valence electrons. The van der Waals surface area contributed by atoms with E-state index in [4.69, 9.17) is 4.74 Å². The van der Waals surface area contributed by atoms with Crippen molar-refractivity contribution in [1.82, 2.24) is 9.47 Å². The summed E-state index contributed by atoms with van der Waals surface area (Å²) in [7, 11) is 2.07. The fourth-order valence-corrected chi connectivity index (χ4v) is 4.24. The molecule has 0 aliphatic rings. The molecule has 1 heterocycles. The number of benzene rings is 2. The first-order chi connectivity index (χ1) is 14.7. The van der Waals surface area contributed by atoms with Gasteiger partial charge in [0, 0.05) is 26.9 Å². The van der Waals surface area contributed by atoms with Gasteiger partial charge in [0.2, 0.25) is 0 Å². The average molecular weight is 542 g/mol. The van der Waals surface area contributed by atoms with E-state index in [1.807, 2.05) is 35.8 Å². The summed E-state index contributed by atoms with van der Waals surface area (Å²) in [6.07, 6.45) is -0.435. The van der Waals surface area contributed by atoms with Crippen LogP contribution >= 0.6 is 22.6 Å². The lowest BCUT2D eigenvalue weighted by Crippen LogP contribution is -2.19. The van der Waals surface area contributed by atoms with Gasteiger partial charge in [0.05, 0.1) is 17.7 Å². The van der Waals surface area contributed by atoms with Crippen LogP contribution in [0.2, 0.25) is 0 Å². The van der Waals surface area contributed by atoms with Crippen LogP contribution in [0.3, 0.4) is 0 Å². The number of fused-ring (bicyclic) bond motifs is 1. The molecule has 3 aromatic rings. The SMILES string of the molecule is C=CCN(C)CCCCOc1ccc2c(c1)c(I)c(C)n2-c1ccc(C(F)(F)F)cc1. The summed E-state index contributed by atoms with van der Waals surface area (Å²) in [4.78, 5) is 2.22. The number of unbranched alkanes of at least 4 members (excludes halogenated alkanes) is 1. The summed E-state index contributed by atoms with van der Waals surface area (Å²) in [5.41, 5.74) is 1.99. The minimum absolute atomic E-state index is 0.641. The van der Waals surface area contributed by atoms with E-state index in [1.165, 1.54) is 12.1 Å². The number of alkyl halides is 3. The molecule has 31 heavy (non-hydrogen) atoms. The quantitative estimate of drug-likeness (QED) is 0.167. The lowest BCUT2D eigenvalue weighted by Gasteiger charge is -2.14. The van der Waals surface area contributed by atoms with Gasteiger partial charge in [0.1, 0.15) is 5.75 Å². The Morgan fingerprint density at radius 1 is 1.13 bits per heavy atom. The van der Waals surface area contributed by atoms with Crippen LogP contribution in [0.15, 0.2) is 55.1 Å². The number of nitrogens with zero attached hydrogens (tertiary/aromatic N) is 2. The molecule has 0 aliphatic carbocycles. The van der Waals surface area contributed by atoms with Gasteiger partial charge < -0.3 is 14.2 Å². The molecule has 0 fully saturated rings. The molecule has 2 aromatic carbocycles. The van der Waals surface area contributed by atoms with Crippen molar-refractivity contribution in [2.45, 2.75) is 25.9 Å². The van der Waals surface area contributed by atoms with Crippen molar-refractivity contribution in [1.29, 1.82) is 0 Å². The van der Waals surface area contributed by atoms with Gasteiger partial charge in [-0.3, -0.25) is 0 Å². The van der Waals surface area contributed by atoms with Gasteiger partial charge in [-0.05, 0) is 98.4 Å². The zero-order valence-electron chi connectivity index (χ0n) is 17.7. The molecule has 0 saturated heterocycles. The fourth-order valence-electron chi connectivity index (χ4n) is 3.57. The number of hydrogen-bond acceptors (Lipinski definition) is 2. The van der Waals surface area contributed by atoms with E-state index in [0.29, 0.717) is 12.3 Å². The van der Waals surface area contributed by atoms with Crippen molar-refractivity contribution in [3.63, 3.8) is 0 Å². The highest BCUT2D eigenvalue weighted by Crippen LogP contribution is 2.34. The van der Waals surface area contributed by atoms with Crippen LogP contribution in [-0.2, 0) is 6.18 Å². The molecule has 0 atom stereocenters. The molecule has 0 bridgehead atoms. The number of halogens is 4. The topological polar surface area (TPSA) is 17.4 Å². The molecule has 0 unspecified atom stereocenters. The Bertz CT molecular complexity index is 1040. The highest BCUT2D eigenvalue weighted by atomic mass is 127. The maximum Gasteiger partial charge on any atom is 0.416 e. The number of ether oxygens (including phenoxy) is 1. The summed E-state index contributed by atoms with van der Waals surface area (Å²) in [5.74, 6) is 0.800. The van der Waals surface area contributed by atoms with Crippen molar-refractivity contribution in [3.8, 4) is 11.4 Å². The van der Waals surface area contributed by atoms with Gasteiger partial charge in [-0.15, -0.1) is 6.58 Å². The molecular formula is C24H26F3IN2O. The zero-order valence-corrected chi connectivity index (χ0v) is 19.8. The van der Waals surface area contributed by atoms with Gasteiger partial charge in [0.25, 0.3) is 0 Å². The monoisotopic (exact) mass is 542 g/mol. The Labute approximate surface area is 194 Å². The van der Waals surface area contributed by atoms with Crippen LogP contribution in [0, 0.1) is 10.5 Å². The van der Waals surface area contributed by atoms with Crippen molar-refractivity contribution in [2.24, 2.45) is 0 Å². The van der Waals surface area contributed by atoms with Crippen molar-refractivity contribution >= 4 is 33.5 Å². The lowest BCUT2D eigenvalue weighted by atomic mass is 10.2. The summed E-state index contributed by atoms with van der Waals surface area (Å²) in [6.45, 7) is 8.24. The van der Waals surface area contributed by atoms with E-state index in [2.05, 4.69) is 41.1 Å². The van der Waals surface area contributed by atoms with Gasteiger partial charge in [-0.1, -0.05) is 6.08 Å². The molecule has 0 amide bonds. The number of hydrogen-bond donors (Lipinski definition) is 0. The standard InChI is InChI=1S/C24H26F3IN2O/c1-4-13-29(3)14-5-6-15-31-20-11-12-22-21(16-20)23(28)17(2)30(22)19-9-7-18(8-10-19)24(25,26)27/h4,7-12,16H,1,5-6,13-15H2,2-3H3. The Morgan fingerprint density at radius 2 is 1.84 bits per heavy atom. The van der Waals surface area contributed by atoms with E-state index in [-0.39, 0.29) is 0 Å². The Hall–Kier alpha value is -2.00. The molecule has 1 aromatic heterocycles. The molecular weight excluding hydrogens is 516 g/mol. The number of likely N-dealkylation sites (N-methyl/N-ethyl adjacent to an activating group) is 1. The maximum atomic E-state index is 12.9. The molecule has 0 radical (unpaired) electrons. The largest absolute Gasteiger partial charge is 0.494 e. The van der Waals surface area contributed by atoms with E-state index < -0.39 is 11.7 Å². The molecule has 3 rings (SSSR count). The Kier molecular flexibility index (Phi) is 7.69. The molecule has 0 aliphatic heterocycles. The maximum absolute atomic E-state index is 12.9. The Morgan fingerprint density at radius 3 is 2.48 bits per heavy atom. The lowest BCUT2D eigenvalue weighted by molar-refractivity contribution is -0.137. The van der Waals surface area contributed by atoms with Crippen LogP contribution in [-0.4, -0.2) is 36.2 Å². The Balaban J connectivity index is 1.74. The zero-order chi connectivity index (χ0) is 22.6. The van der Waals surface area contributed by atoms with E-state index in [1.54, 1.807) is 0 Å².